The van der Waals surface area contributed by atoms with E-state index in [9.17, 15) is 17.6 Å². The van der Waals surface area contributed by atoms with Gasteiger partial charge in [0.15, 0.2) is 11.6 Å². The quantitative estimate of drug-likeness (QED) is 0.557. The molecule has 0 atom stereocenters. The summed E-state index contributed by atoms with van der Waals surface area (Å²) < 4.78 is 59.6. The first-order valence-electron chi connectivity index (χ1n) is 8.44. The van der Waals surface area contributed by atoms with Gasteiger partial charge in [-0.25, -0.2) is 4.39 Å². The van der Waals surface area contributed by atoms with Crippen LogP contribution in [0.15, 0.2) is 34.9 Å². The zero-order valence-electron chi connectivity index (χ0n) is 14.6. The van der Waals surface area contributed by atoms with Gasteiger partial charge in [-0.1, -0.05) is 22.8 Å². The molecule has 1 aliphatic heterocycles. The van der Waals surface area contributed by atoms with Crippen LogP contribution in [0, 0.1) is 17.1 Å². The van der Waals surface area contributed by atoms with Gasteiger partial charge in [-0.05, 0) is 36.2 Å². The number of nitriles is 1. The summed E-state index contributed by atoms with van der Waals surface area (Å²) in [7, 11) is 0. The second kappa shape index (κ2) is 7.04. The monoisotopic (exact) mass is 422 g/mol. The number of nitrogens with zero attached hydrogens (tertiary/aromatic N) is 4. The molecule has 1 aromatic heterocycles. The minimum Gasteiger partial charge on any atom is -0.363 e. The second-order valence-electron chi connectivity index (χ2n) is 6.38. The van der Waals surface area contributed by atoms with Crippen molar-refractivity contribution in [3.05, 3.63) is 63.7 Å². The lowest BCUT2D eigenvalue weighted by Gasteiger charge is -2.19. The van der Waals surface area contributed by atoms with Gasteiger partial charge >= 0.3 is 6.18 Å². The third-order valence-corrected chi connectivity index (χ3v) is 4.94. The number of rotatable bonds is 3. The lowest BCUT2D eigenvalue weighted by atomic mass is 9.99. The number of anilines is 1. The smallest absolute Gasteiger partial charge is 0.363 e. The Morgan fingerprint density at radius 3 is 2.76 bits per heavy atom. The van der Waals surface area contributed by atoms with E-state index in [1.165, 1.54) is 24.3 Å². The van der Waals surface area contributed by atoms with E-state index in [1.54, 1.807) is 11.0 Å². The van der Waals surface area contributed by atoms with Gasteiger partial charge in [-0.2, -0.15) is 23.4 Å². The molecular weight excluding hydrogens is 412 g/mol. The minimum atomic E-state index is -4.63. The lowest BCUT2D eigenvalue weighted by Crippen LogP contribution is -2.20. The number of benzene rings is 2. The normalized spacial score (nSPS) is 13.4. The largest absolute Gasteiger partial charge is 0.418 e. The zero-order chi connectivity index (χ0) is 20.8. The highest BCUT2D eigenvalue weighted by atomic mass is 35.5. The first-order valence-corrected chi connectivity index (χ1v) is 8.82. The minimum absolute atomic E-state index is 0.0380. The van der Waals surface area contributed by atoms with Gasteiger partial charge in [0.1, 0.15) is 0 Å². The van der Waals surface area contributed by atoms with Gasteiger partial charge in [0.25, 0.3) is 5.89 Å². The molecule has 2 aromatic carbocycles. The average Bonchev–Trinajstić information content (AvgIpc) is 3.30. The first kappa shape index (κ1) is 19.2. The summed E-state index contributed by atoms with van der Waals surface area (Å²) in [6.45, 7) is 0.366. The molecule has 0 N–H and O–H groups in total. The van der Waals surface area contributed by atoms with E-state index in [4.69, 9.17) is 21.4 Å². The molecule has 148 valence electrons. The molecular formula is C19H11ClF4N4O. The Kier molecular flexibility index (Phi) is 4.67. The third-order valence-electron chi connectivity index (χ3n) is 4.65. The highest BCUT2D eigenvalue weighted by Crippen LogP contribution is 2.42. The predicted molar refractivity (Wildman–Crippen MR) is 95.6 cm³/mol. The van der Waals surface area contributed by atoms with Crippen molar-refractivity contribution in [2.75, 3.05) is 11.4 Å². The Bertz CT molecular complexity index is 1140. The summed E-state index contributed by atoms with van der Waals surface area (Å²) in [5.41, 5.74) is -0.847. The van der Waals surface area contributed by atoms with Crippen LogP contribution in [0.5, 0.6) is 0 Å². The van der Waals surface area contributed by atoms with Crippen molar-refractivity contribution in [2.45, 2.75) is 19.1 Å². The summed E-state index contributed by atoms with van der Waals surface area (Å²) in [5.74, 6) is -0.588. The van der Waals surface area contributed by atoms with Gasteiger partial charge in [-0.3, -0.25) is 0 Å². The molecule has 29 heavy (non-hydrogen) atoms. The molecule has 3 aromatic rings. The molecule has 2 heterocycles. The molecule has 0 saturated heterocycles. The summed E-state index contributed by atoms with van der Waals surface area (Å²) in [6, 6.07) is 8.59. The number of alkyl halides is 3. The summed E-state index contributed by atoms with van der Waals surface area (Å²) in [5, 5.41) is 12.7. The van der Waals surface area contributed by atoms with Crippen LogP contribution in [0.1, 0.15) is 22.5 Å². The maximum absolute atomic E-state index is 14.1. The van der Waals surface area contributed by atoms with Crippen LogP contribution in [0.25, 0.3) is 11.5 Å². The van der Waals surface area contributed by atoms with Crippen LogP contribution in [-0.4, -0.2) is 16.7 Å². The van der Waals surface area contributed by atoms with E-state index in [-0.39, 0.29) is 40.8 Å². The van der Waals surface area contributed by atoms with Crippen molar-refractivity contribution >= 4 is 17.3 Å². The molecule has 0 radical (unpaired) electrons. The molecule has 0 spiro atoms. The molecule has 0 bridgehead atoms. The van der Waals surface area contributed by atoms with E-state index in [2.05, 4.69) is 10.1 Å². The number of hydrogen-bond donors (Lipinski definition) is 0. The van der Waals surface area contributed by atoms with E-state index in [1.807, 2.05) is 0 Å². The molecule has 10 heteroatoms. The molecule has 0 aliphatic carbocycles. The van der Waals surface area contributed by atoms with Crippen molar-refractivity contribution in [2.24, 2.45) is 0 Å². The molecule has 0 saturated carbocycles. The van der Waals surface area contributed by atoms with Crippen LogP contribution in [0.2, 0.25) is 5.02 Å². The van der Waals surface area contributed by atoms with Crippen molar-refractivity contribution in [3.8, 4) is 17.5 Å². The molecule has 1 aliphatic rings. The lowest BCUT2D eigenvalue weighted by molar-refractivity contribution is -0.138. The Morgan fingerprint density at radius 2 is 2.03 bits per heavy atom. The molecule has 5 nitrogen and oxygen atoms in total. The number of hydrogen-bond acceptors (Lipinski definition) is 5. The van der Waals surface area contributed by atoms with Gasteiger partial charge in [0.05, 0.1) is 34.3 Å². The van der Waals surface area contributed by atoms with E-state index in [0.29, 0.717) is 12.2 Å². The highest BCUT2D eigenvalue weighted by molar-refractivity contribution is 6.31. The first-order chi connectivity index (χ1) is 13.8. The average molecular weight is 423 g/mol. The fraction of sp³-hybridized carbons (Fsp3) is 0.211. The predicted octanol–water partition coefficient (Wildman–Crippen LogP) is 4.98. The van der Waals surface area contributed by atoms with Crippen LogP contribution in [-0.2, 0) is 19.1 Å². The van der Waals surface area contributed by atoms with Gasteiger partial charge in [-0.15, -0.1) is 0 Å². The Hall–Kier alpha value is -3.12. The van der Waals surface area contributed by atoms with Crippen LogP contribution >= 0.6 is 11.6 Å². The topological polar surface area (TPSA) is 66.0 Å². The van der Waals surface area contributed by atoms with Crippen LogP contribution in [0.3, 0.4) is 0 Å². The SMILES string of the molecule is N#Cc1ccc2c(c1C(F)(F)F)CCN2Cc1noc(-c2cccc(Cl)c2F)n1. The number of halogens is 5. The summed E-state index contributed by atoms with van der Waals surface area (Å²) in [6.07, 6.45) is -4.50. The van der Waals surface area contributed by atoms with Gasteiger partial charge < -0.3 is 9.42 Å². The van der Waals surface area contributed by atoms with Crippen molar-refractivity contribution in [1.82, 2.24) is 10.1 Å². The second-order valence-corrected chi connectivity index (χ2v) is 6.79. The fourth-order valence-electron chi connectivity index (χ4n) is 3.40. The number of fused-ring (bicyclic) bond motifs is 1. The standard InChI is InChI=1S/C19H11ClF4N4O/c20-13-3-1-2-12(17(13)21)18-26-15(27-29-18)9-28-7-6-11-14(28)5-4-10(8-25)16(11)19(22,23)24/h1-5H,6-7,9H2. The van der Waals surface area contributed by atoms with E-state index < -0.39 is 23.1 Å². The maximum Gasteiger partial charge on any atom is 0.418 e. The van der Waals surface area contributed by atoms with E-state index >= 15 is 0 Å². The van der Waals surface area contributed by atoms with Crippen molar-refractivity contribution < 1.29 is 22.1 Å². The summed E-state index contributed by atoms with van der Waals surface area (Å²) in [4.78, 5) is 5.79. The Morgan fingerprint density at radius 1 is 1.24 bits per heavy atom. The molecule has 0 fully saturated rings. The molecule has 0 unspecified atom stereocenters. The third kappa shape index (κ3) is 3.40. The van der Waals surface area contributed by atoms with Crippen LogP contribution in [0.4, 0.5) is 23.2 Å². The van der Waals surface area contributed by atoms with Gasteiger partial charge in [0, 0.05) is 12.2 Å². The Labute approximate surface area is 167 Å². The van der Waals surface area contributed by atoms with Crippen molar-refractivity contribution in [1.29, 1.82) is 5.26 Å². The Balaban J connectivity index is 1.64. The number of aromatic nitrogens is 2. The van der Waals surface area contributed by atoms with Gasteiger partial charge in [0.2, 0.25) is 0 Å². The maximum atomic E-state index is 14.1. The zero-order valence-corrected chi connectivity index (χ0v) is 15.4. The van der Waals surface area contributed by atoms with E-state index in [0.717, 1.165) is 6.07 Å². The summed E-state index contributed by atoms with van der Waals surface area (Å²) >= 11 is 5.75. The van der Waals surface area contributed by atoms with Crippen LogP contribution < -0.4 is 4.90 Å². The van der Waals surface area contributed by atoms with Crippen molar-refractivity contribution in [3.63, 3.8) is 0 Å². The fourth-order valence-corrected chi connectivity index (χ4v) is 3.58. The highest BCUT2D eigenvalue weighted by Gasteiger charge is 2.39. The molecule has 0 amide bonds. The molecule has 4 rings (SSSR count).